The summed E-state index contributed by atoms with van der Waals surface area (Å²) >= 11 is 0. The summed E-state index contributed by atoms with van der Waals surface area (Å²) in [5.74, 6) is 0. The van der Waals surface area contributed by atoms with E-state index in [2.05, 4.69) is 24.2 Å². The Morgan fingerprint density at radius 3 is 2.58 bits per heavy atom. The van der Waals surface area contributed by atoms with Gasteiger partial charge >= 0.3 is 0 Å². The van der Waals surface area contributed by atoms with Crippen LogP contribution in [-0.4, -0.2) is 9.78 Å². The van der Waals surface area contributed by atoms with E-state index in [1.165, 1.54) is 5.56 Å². The number of benzene rings is 2. The number of hydrogen-bond acceptors (Lipinski definition) is 1. The second kappa shape index (κ2) is 4.76. The smallest absolute Gasteiger partial charge is 0.272 e. The van der Waals surface area contributed by atoms with Crippen LogP contribution in [0.2, 0.25) is 0 Å². The largest absolute Gasteiger partial charge is 0.280 e. The van der Waals surface area contributed by atoms with Crippen LogP contribution in [0.1, 0.15) is 18.1 Å². The highest BCUT2D eigenvalue weighted by molar-refractivity contribution is 5.82. The molecule has 0 aliphatic carbocycles. The number of aromatic nitrogens is 2. The SMILES string of the molecule is CCc1cccc2c1c(=O)[nH]n2Cc1ccccc1. The van der Waals surface area contributed by atoms with Gasteiger partial charge in [-0.3, -0.25) is 14.6 Å². The van der Waals surface area contributed by atoms with Crippen molar-refractivity contribution >= 4 is 10.9 Å². The lowest BCUT2D eigenvalue weighted by Crippen LogP contribution is -2.06. The van der Waals surface area contributed by atoms with Gasteiger partial charge in [0, 0.05) is 0 Å². The Kier molecular flexibility index (Phi) is 2.95. The van der Waals surface area contributed by atoms with Crippen molar-refractivity contribution in [3.05, 3.63) is 70.0 Å². The molecule has 1 N–H and O–H groups in total. The first-order chi connectivity index (χ1) is 9.29. The molecule has 0 unspecified atom stereocenters. The second-order valence-corrected chi connectivity index (χ2v) is 4.68. The molecule has 96 valence electrons. The lowest BCUT2D eigenvalue weighted by molar-refractivity contribution is 0.703. The molecule has 3 aromatic rings. The van der Waals surface area contributed by atoms with Gasteiger partial charge in [-0.15, -0.1) is 0 Å². The molecule has 3 rings (SSSR count). The summed E-state index contributed by atoms with van der Waals surface area (Å²) in [6.07, 6.45) is 0.871. The average Bonchev–Trinajstić information content (AvgIpc) is 2.77. The Morgan fingerprint density at radius 1 is 1.05 bits per heavy atom. The van der Waals surface area contributed by atoms with Crippen molar-refractivity contribution in [2.24, 2.45) is 0 Å². The fourth-order valence-electron chi connectivity index (χ4n) is 2.50. The molecule has 0 amide bonds. The van der Waals surface area contributed by atoms with E-state index in [1.807, 2.05) is 41.1 Å². The third-order valence-electron chi connectivity index (χ3n) is 3.45. The van der Waals surface area contributed by atoms with Crippen LogP contribution in [0.4, 0.5) is 0 Å². The van der Waals surface area contributed by atoms with E-state index < -0.39 is 0 Å². The molecule has 2 aromatic carbocycles. The maximum Gasteiger partial charge on any atom is 0.272 e. The maximum atomic E-state index is 12.1. The minimum atomic E-state index is 0.00313. The van der Waals surface area contributed by atoms with E-state index in [0.717, 1.165) is 22.9 Å². The van der Waals surface area contributed by atoms with Gasteiger partial charge in [0.25, 0.3) is 5.56 Å². The zero-order chi connectivity index (χ0) is 13.2. The van der Waals surface area contributed by atoms with Gasteiger partial charge in [-0.2, -0.15) is 0 Å². The van der Waals surface area contributed by atoms with E-state index in [0.29, 0.717) is 6.54 Å². The lowest BCUT2D eigenvalue weighted by Gasteiger charge is -2.05. The third-order valence-corrected chi connectivity index (χ3v) is 3.45. The number of aromatic amines is 1. The van der Waals surface area contributed by atoms with Gasteiger partial charge in [-0.05, 0) is 23.6 Å². The molecule has 0 fully saturated rings. The molecule has 1 heterocycles. The molecule has 0 bridgehead atoms. The van der Waals surface area contributed by atoms with Crippen molar-refractivity contribution in [3.63, 3.8) is 0 Å². The molecular weight excluding hydrogens is 236 g/mol. The highest BCUT2D eigenvalue weighted by Gasteiger charge is 2.09. The first-order valence-electron chi connectivity index (χ1n) is 6.54. The van der Waals surface area contributed by atoms with Crippen LogP contribution < -0.4 is 5.56 Å². The van der Waals surface area contributed by atoms with E-state index in [9.17, 15) is 4.79 Å². The second-order valence-electron chi connectivity index (χ2n) is 4.68. The Labute approximate surface area is 111 Å². The molecule has 0 saturated heterocycles. The molecule has 1 aromatic heterocycles. The predicted octanol–water partition coefficient (Wildman–Crippen LogP) is 2.94. The Hall–Kier alpha value is -2.29. The van der Waals surface area contributed by atoms with Gasteiger partial charge in [0.05, 0.1) is 17.4 Å². The lowest BCUT2D eigenvalue weighted by atomic mass is 10.1. The highest BCUT2D eigenvalue weighted by Crippen LogP contribution is 2.16. The van der Waals surface area contributed by atoms with Crippen LogP contribution in [-0.2, 0) is 13.0 Å². The molecule has 0 aliphatic heterocycles. The third kappa shape index (κ3) is 2.08. The van der Waals surface area contributed by atoms with Gasteiger partial charge in [0.2, 0.25) is 0 Å². The van der Waals surface area contributed by atoms with Crippen LogP contribution in [0, 0.1) is 0 Å². The fraction of sp³-hybridized carbons (Fsp3) is 0.188. The number of nitrogens with zero attached hydrogens (tertiary/aromatic N) is 1. The number of hydrogen-bond donors (Lipinski definition) is 1. The van der Waals surface area contributed by atoms with Crippen molar-refractivity contribution in [1.29, 1.82) is 0 Å². The molecule has 3 heteroatoms. The van der Waals surface area contributed by atoms with Crippen LogP contribution >= 0.6 is 0 Å². The van der Waals surface area contributed by atoms with E-state index >= 15 is 0 Å². The average molecular weight is 252 g/mol. The number of nitrogens with one attached hydrogen (secondary N) is 1. The van der Waals surface area contributed by atoms with Crippen molar-refractivity contribution in [1.82, 2.24) is 9.78 Å². The van der Waals surface area contributed by atoms with Gasteiger partial charge in [0.1, 0.15) is 0 Å². The predicted molar refractivity (Wildman–Crippen MR) is 77.5 cm³/mol. The normalized spacial score (nSPS) is 11.0. The molecule has 0 saturated carbocycles. The highest BCUT2D eigenvalue weighted by atomic mass is 16.1. The first-order valence-corrected chi connectivity index (χ1v) is 6.54. The summed E-state index contributed by atoms with van der Waals surface area (Å²) in [5.41, 5.74) is 3.26. The number of rotatable bonds is 3. The number of H-pyrrole nitrogens is 1. The van der Waals surface area contributed by atoms with E-state index in [-0.39, 0.29) is 5.56 Å². The summed E-state index contributed by atoms with van der Waals surface area (Å²) in [6.45, 7) is 2.76. The maximum absolute atomic E-state index is 12.1. The molecular formula is C16H16N2O. The standard InChI is InChI=1S/C16H16N2O/c1-2-13-9-6-10-14-15(13)16(19)17-18(14)11-12-7-4-3-5-8-12/h3-10H,2,11H2,1H3,(H,17,19). The van der Waals surface area contributed by atoms with Gasteiger partial charge in [0.15, 0.2) is 0 Å². The fourth-order valence-corrected chi connectivity index (χ4v) is 2.50. The minimum absolute atomic E-state index is 0.00313. The molecule has 0 aliphatic rings. The minimum Gasteiger partial charge on any atom is -0.280 e. The van der Waals surface area contributed by atoms with E-state index in [4.69, 9.17) is 0 Å². The van der Waals surface area contributed by atoms with Gasteiger partial charge in [-0.25, -0.2) is 0 Å². The molecule has 0 atom stereocenters. The summed E-state index contributed by atoms with van der Waals surface area (Å²) < 4.78 is 1.92. The zero-order valence-corrected chi connectivity index (χ0v) is 10.9. The van der Waals surface area contributed by atoms with Gasteiger partial charge in [-0.1, -0.05) is 49.4 Å². The van der Waals surface area contributed by atoms with Crippen molar-refractivity contribution in [2.45, 2.75) is 19.9 Å². The van der Waals surface area contributed by atoms with Crippen LogP contribution in [0.25, 0.3) is 10.9 Å². The first kappa shape index (κ1) is 11.8. The summed E-state index contributed by atoms with van der Waals surface area (Å²) in [6, 6.07) is 16.2. The Morgan fingerprint density at radius 2 is 1.84 bits per heavy atom. The number of aryl methyl sites for hydroxylation is 1. The van der Waals surface area contributed by atoms with Crippen molar-refractivity contribution in [2.75, 3.05) is 0 Å². The Balaban J connectivity index is 2.13. The Bertz CT molecular complexity index is 753. The topological polar surface area (TPSA) is 37.8 Å². The van der Waals surface area contributed by atoms with Crippen molar-refractivity contribution < 1.29 is 0 Å². The van der Waals surface area contributed by atoms with Gasteiger partial charge < -0.3 is 0 Å². The van der Waals surface area contributed by atoms with E-state index in [1.54, 1.807) is 0 Å². The molecule has 3 nitrogen and oxygen atoms in total. The van der Waals surface area contributed by atoms with Crippen LogP contribution in [0.15, 0.2) is 53.3 Å². The summed E-state index contributed by atoms with van der Waals surface area (Å²) in [5, 5.41) is 3.76. The monoisotopic (exact) mass is 252 g/mol. The summed E-state index contributed by atoms with van der Waals surface area (Å²) in [4.78, 5) is 12.1. The molecule has 0 radical (unpaired) electrons. The van der Waals surface area contributed by atoms with Crippen molar-refractivity contribution in [3.8, 4) is 0 Å². The molecule has 19 heavy (non-hydrogen) atoms. The number of fused-ring (bicyclic) bond motifs is 1. The van der Waals surface area contributed by atoms with Crippen LogP contribution in [0.5, 0.6) is 0 Å². The molecule has 0 spiro atoms. The summed E-state index contributed by atoms with van der Waals surface area (Å²) in [7, 11) is 0. The zero-order valence-electron chi connectivity index (χ0n) is 10.9. The quantitative estimate of drug-likeness (QED) is 0.764. The van der Waals surface area contributed by atoms with Crippen LogP contribution in [0.3, 0.4) is 0 Å².